The number of benzene rings is 2. The lowest BCUT2D eigenvalue weighted by molar-refractivity contribution is -0.142. The molecular weight excluding hydrogens is 394 g/mol. The fraction of sp³-hybridized carbons (Fsp3) is 0.333. The van der Waals surface area contributed by atoms with Gasteiger partial charge in [-0.2, -0.15) is 11.8 Å². The van der Waals surface area contributed by atoms with Gasteiger partial charge in [0, 0.05) is 17.1 Å². The van der Waals surface area contributed by atoms with Crippen LogP contribution in [0.15, 0.2) is 42.5 Å². The maximum Gasteiger partial charge on any atom is 0.329 e. The highest BCUT2D eigenvalue weighted by Gasteiger charge is 2.24. The molecule has 0 aliphatic heterocycles. The van der Waals surface area contributed by atoms with E-state index >= 15 is 0 Å². The molecule has 0 fully saturated rings. The number of thioether (sulfide) groups is 1. The highest BCUT2D eigenvalue weighted by Crippen LogP contribution is 2.38. The highest BCUT2D eigenvalue weighted by molar-refractivity contribution is 7.98. The van der Waals surface area contributed by atoms with Gasteiger partial charge in [0.1, 0.15) is 6.04 Å². The van der Waals surface area contributed by atoms with Crippen molar-refractivity contribution in [3.8, 4) is 17.2 Å². The van der Waals surface area contributed by atoms with Gasteiger partial charge in [0.2, 0.25) is 5.75 Å². The number of carbonyl (C=O) groups excluding carboxylic acids is 2. The molecule has 0 saturated heterocycles. The first-order valence-electron chi connectivity index (χ1n) is 8.84. The van der Waals surface area contributed by atoms with Gasteiger partial charge in [-0.1, -0.05) is 30.3 Å². The molecule has 29 heavy (non-hydrogen) atoms. The predicted molar refractivity (Wildman–Crippen MR) is 112 cm³/mol. The number of carbonyl (C=O) groups is 2. The molecule has 0 saturated carbocycles. The first kappa shape index (κ1) is 22.4. The maximum absolute atomic E-state index is 12.8. The lowest BCUT2D eigenvalue weighted by atomic mass is 10.1. The van der Waals surface area contributed by atoms with Gasteiger partial charge in [-0.05, 0) is 17.7 Å². The Morgan fingerprint density at radius 2 is 1.59 bits per heavy atom. The van der Waals surface area contributed by atoms with Gasteiger partial charge in [-0.15, -0.1) is 0 Å². The average molecular weight is 419 g/mol. The van der Waals surface area contributed by atoms with Gasteiger partial charge in [0.05, 0.1) is 28.4 Å². The summed E-state index contributed by atoms with van der Waals surface area (Å²) in [6.07, 6.45) is 0. The fourth-order valence-electron chi connectivity index (χ4n) is 2.63. The quantitative estimate of drug-likeness (QED) is 0.593. The van der Waals surface area contributed by atoms with Crippen LogP contribution >= 0.6 is 11.8 Å². The molecule has 0 aliphatic carbocycles. The van der Waals surface area contributed by atoms with E-state index in [1.165, 1.54) is 52.3 Å². The minimum absolute atomic E-state index is 0.279. The van der Waals surface area contributed by atoms with E-state index in [1.54, 1.807) is 0 Å². The van der Waals surface area contributed by atoms with Crippen molar-refractivity contribution in [2.24, 2.45) is 0 Å². The number of hydrogen-bond donors (Lipinski definition) is 1. The van der Waals surface area contributed by atoms with Gasteiger partial charge in [0.15, 0.2) is 11.5 Å². The molecule has 2 aromatic rings. The van der Waals surface area contributed by atoms with Crippen LogP contribution in [0.5, 0.6) is 17.2 Å². The summed E-state index contributed by atoms with van der Waals surface area (Å²) in [4.78, 5) is 24.9. The third kappa shape index (κ3) is 6.05. The van der Waals surface area contributed by atoms with Crippen molar-refractivity contribution >= 4 is 23.6 Å². The van der Waals surface area contributed by atoms with Crippen molar-refractivity contribution in [2.75, 3.05) is 34.2 Å². The van der Waals surface area contributed by atoms with Gasteiger partial charge in [-0.25, -0.2) is 4.79 Å². The van der Waals surface area contributed by atoms with Crippen LogP contribution in [0.3, 0.4) is 0 Å². The Balaban J connectivity index is 2.12. The summed E-state index contributed by atoms with van der Waals surface area (Å²) in [5, 5.41) is 2.72. The first-order valence-corrected chi connectivity index (χ1v) is 9.99. The van der Waals surface area contributed by atoms with Crippen LogP contribution in [0.1, 0.15) is 15.9 Å². The second kappa shape index (κ2) is 11.2. The first-order chi connectivity index (χ1) is 14.0. The lowest BCUT2D eigenvalue weighted by Gasteiger charge is -2.18. The number of ether oxygens (including phenoxy) is 4. The summed E-state index contributed by atoms with van der Waals surface area (Å²) in [7, 11) is 5.72. The van der Waals surface area contributed by atoms with Crippen LogP contribution in [0.2, 0.25) is 0 Å². The normalized spacial score (nSPS) is 11.3. The van der Waals surface area contributed by atoms with Gasteiger partial charge in [0.25, 0.3) is 5.91 Å². The summed E-state index contributed by atoms with van der Waals surface area (Å²) in [6, 6.07) is 12.1. The van der Waals surface area contributed by atoms with E-state index in [2.05, 4.69) is 5.32 Å². The second-order valence-corrected chi connectivity index (χ2v) is 6.99. The number of esters is 1. The van der Waals surface area contributed by atoms with Crippen molar-refractivity contribution < 1.29 is 28.5 Å². The number of hydrogen-bond acceptors (Lipinski definition) is 7. The summed E-state index contributed by atoms with van der Waals surface area (Å²) in [6.45, 7) is 0. The van der Waals surface area contributed by atoms with E-state index in [0.717, 1.165) is 5.56 Å². The summed E-state index contributed by atoms with van der Waals surface area (Å²) >= 11 is 1.53. The summed E-state index contributed by atoms with van der Waals surface area (Å²) < 4.78 is 20.7. The number of nitrogens with one attached hydrogen (secondary N) is 1. The lowest BCUT2D eigenvalue weighted by Crippen LogP contribution is -2.43. The molecule has 0 unspecified atom stereocenters. The Labute approximate surface area is 174 Å². The molecule has 0 aliphatic rings. The number of methoxy groups -OCH3 is 4. The van der Waals surface area contributed by atoms with E-state index in [4.69, 9.17) is 18.9 Å². The van der Waals surface area contributed by atoms with Crippen molar-refractivity contribution in [3.63, 3.8) is 0 Å². The van der Waals surface area contributed by atoms with Crippen molar-refractivity contribution in [3.05, 3.63) is 53.6 Å². The zero-order valence-electron chi connectivity index (χ0n) is 16.9. The second-order valence-electron chi connectivity index (χ2n) is 5.96. The topological polar surface area (TPSA) is 83.1 Å². The monoisotopic (exact) mass is 419 g/mol. The van der Waals surface area contributed by atoms with E-state index < -0.39 is 17.9 Å². The summed E-state index contributed by atoms with van der Waals surface area (Å²) in [5.74, 6) is 1.22. The zero-order valence-corrected chi connectivity index (χ0v) is 17.7. The average Bonchev–Trinajstić information content (AvgIpc) is 2.77. The maximum atomic E-state index is 12.8. The van der Waals surface area contributed by atoms with Gasteiger partial charge >= 0.3 is 5.97 Å². The molecule has 1 atom stereocenters. The molecular formula is C21H25NO6S. The van der Waals surface area contributed by atoms with E-state index in [-0.39, 0.29) is 5.56 Å². The Kier molecular flexibility index (Phi) is 8.67. The molecule has 7 nitrogen and oxygen atoms in total. The molecule has 156 valence electrons. The van der Waals surface area contributed by atoms with Gasteiger partial charge in [-0.3, -0.25) is 4.79 Å². The van der Waals surface area contributed by atoms with E-state index in [9.17, 15) is 9.59 Å². The molecule has 8 heteroatoms. The summed E-state index contributed by atoms with van der Waals surface area (Å²) in [5.41, 5.74) is 1.42. The molecule has 1 amide bonds. The third-order valence-electron chi connectivity index (χ3n) is 4.11. The SMILES string of the molecule is COC(=O)[C@H](CSCc1ccccc1)NC(=O)c1cc(OC)c(OC)c(OC)c1. The smallest absolute Gasteiger partial charge is 0.329 e. The molecule has 0 aromatic heterocycles. The number of amides is 1. The van der Waals surface area contributed by atoms with Crippen molar-refractivity contribution in [2.45, 2.75) is 11.8 Å². The highest BCUT2D eigenvalue weighted by atomic mass is 32.2. The van der Waals surface area contributed by atoms with Gasteiger partial charge < -0.3 is 24.3 Å². The van der Waals surface area contributed by atoms with Crippen LogP contribution in [0, 0.1) is 0 Å². The minimum Gasteiger partial charge on any atom is -0.493 e. The van der Waals surface area contributed by atoms with E-state index in [0.29, 0.717) is 28.8 Å². The third-order valence-corrected chi connectivity index (χ3v) is 5.22. The van der Waals surface area contributed by atoms with Crippen LogP contribution in [-0.2, 0) is 15.3 Å². The Morgan fingerprint density at radius 1 is 0.966 bits per heavy atom. The van der Waals surface area contributed by atoms with Crippen LogP contribution < -0.4 is 19.5 Å². The molecule has 1 N–H and O–H groups in total. The van der Waals surface area contributed by atoms with Crippen molar-refractivity contribution in [1.29, 1.82) is 0 Å². The standard InChI is InChI=1S/C21H25NO6S/c1-25-17-10-15(11-18(26-2)19(17)27-3)20(23)22-16(21(24)28-4)13-29-12-14-8-6-5-7-9-14/h5-11,16H,12-13H2,1-4H3,(H,22,23)/t16-/m0/s1. The van der Waals surface area contributed by atoms with E-state index in [1.807, 2.05) is 30.3 Å². The molecule has 2 aromatic carbocycles. The molecule has 2 rings (SSSR count). The van der Waals surface area contributed by atoms with Crippen LogP contribution in [0.4, 0.5) is 0 Å². The Bertz CT molecular complexity index is 802. The van der Waals surface area contributed by atoms with Crippen molar-refractivity contribution in [1.82, 2.24) is 5.32 Å². The largest absolute Gasteiger partial charge is 0.493 e. The predicted octanol–water partition coefficient (Wildman–Crippen LogP) is 2.92. The Morgan fingerprint density at radius 3 is 2.10 bits per heavy atom. The zero-order chi connectivity index (χ0) is 21.2. The number of rotatable bonds is 10. The van der Waals surface area contributed by atoms with Crippen LogP contribution in [0.25, 0.3) is 0 Å². The molecule has 0 heterocycles. The Hall–Kier alpha value is -2.87. The molecule has 0 spiro atoms. The minimum atomic E-state index is -0.791. The fourth-order valence-corrected chi connectivity index (χ4v) is 3.63. The van der Waals surface area contributed by atoms with Crippen LogP contribution in [-0.4, -0.2) is 52.1 Å². The molecule has 0 bridgehead atoms. The molecule has 0 radical (unpaired) electrons.